The Balaban J connectivity index is 1.80. The first-order chi connectivity index (χ1) is 12.9. The lowest BCUT2D eigenvalue weighted by Crippen LogP contribution is -2.42. The number of nitriles is 1. The van der Waals surface area contributed by atoms with Gasteiger partial charge in [-0.25, -0.2) is 0 Å². The summed E-state index contributed by atoms with van der Waals surface area (Å²) in [6, 6.07) is 12.4. The molecule has 4 rings (SSSR count). The van der Waals surface area contributed by atoms with Gasteiger partial charge in [-0.3, -0.25) is 0 Å². The number of halogens is 3. The molecule has 1 fully saturated rings. The molecule has 0 aromatic heterocycles. The van der Waals surface area contributed by atoms with E-state index in [1.807, 2.05) is 17.0 Å². The molecule has 0 amide bonds. The Hall–Kier alpha value is -2.52. The molecule has 0 radical (unpaired) electrons. The molecule has 140 valence electrons. The minimum absolute atomic E-state index is 0.0743. The van der Waals surface area contributed by atoms with Crippen molar-refractivity contribution in [1.29, 1.82) is 5.26 Å². The van der Waals surface area contributed by atoms with Gasteiger partial charge in [0.05, 0.1) is 22.9 Å². The minimum Gasteiger partial charge on any atom is -0.370 e. The van der Waals surface area contributed by atoms with Crippen LogP contribution in [0.4, 0.5) is 18.9 Å². The maximum absolute atomic E-state index is 13.8. The monoisotopic (exact) mass is 371 g/mol. The maximum Gasteiger partial charge on any atom is 0.418 e. The smallest absolute Gasteiger partial charge is 0.370 e. The van der Waals surface area contributed by atoms with Crippen LogP contribution in [-0.2, 0) is 12.6 Å². The van der Waals surface area contributed by atoms with E-state index in [0.29, 0.717) is 29.8 Å². The first kappa shape index (κ1) is 17.9. The third kappa shape index (κ3) is 3.17. The van der Waals surface area contributed by atoms with Crippen molar-refractivity contribution >= 4 is 5.69 Å². The number of alkyl halides is 3. The van der Waals surface area contributed by atoms with Gasteiger partial charge in [-0.05, 0) is 54.3 Å². The molecule has 6 heteroatoms. The largest absolute Gasteiger partial charge is 0.418 e. The molecular weight excluding hydrogens is 351 g/mol. The zero-order valence-electron chi connectivity index (χ0n) is 15.0. The lowest BCUT2D eigenvalue weighted by atomic mass is 9.88. The highest BCUT2D eigenvalue weighted by Crippen LogP contribution is 2.49. The summed E-state index contributed by atoms with van der Waals surface area (Å²) in [5.41, 5.74) is 2.55. The number of piperidine rings is 1. The van der Waals surface area contributed by atoms with Crippen LogP contribution in [0, 0.1) is 11.3 Å². The van der Waals surface area contributed by atoms with Crippen LogP contribution in [0.3, 0.4) is 0 Å². The third-order valence-electron chi connectivity index (χ3n) is 5.66. The molecule has 0 saturated carbocycles. The molecule has 1 N–H and O–H groups in total. The van der Waals surface area contributed by atoms with Crippen LogP contribution < -0.4 is 10.2 Å². The van der Waals surface area contributed by atoms with Gasteiger partial charge in [0.15, 0.2) is 0 Å². The Labute approximate surface area is 156 Å². The van der Waals surface area contributed by atoms with Gasteiger partial charge < -0.3 is 10.2 Å². The fraction of sp³-hybridized carbons (Fsp3) is 0.381. The van der Waals surface area contributed by atoms with Crippen LogP contribution in [0.25, 0.3) is 0 Å². The molecule has 2 aliphatic rings. The Kier molecular flexibility index (Phi) is 4.35. The van der Waals surface area contributed by atoms with Crippen LogP contribution in [0.5, 0.6) is 0 Å². The van der Waals surface area contributed by atoms with E-state index in [1.54, 1.807) is 25.2 Å². The molecule has 3 nitrogen and oxygen atoms in total. The first-order valence-electron chi connectivity index (χ1n) is 9.05. The van der Waals surface area contributed by atoms with Gasteiger partial charge in [0, 0.05) is 25.6 Å². The van der Waals surface area contributed by atoms with E-state index >= 15 is 0 Å². The van der Waals surface area contributed by atoms with Crippen molar-refractivity contribution < 1.29 is 13.2 Å². The molecular formula is C21H20F3N3. The van der Waals surface area contributed by atoms with Crippen molar-refractivity contribution in [2.45, 2.75) is 31.0 Å². The molecule has 0 bridgehead atoms. The number of rotatable bonds is 2. The maximum atomic E-state index is 13.8. The standard InChI is InChI=1S/C21H20F3N3/c1-27-19-5-6-26-12-17(19)16-9-15(10-18(20(16)27)21(22,23)24)8-13-3-2-4-14(7-13)11-25/h2-4,7,9-10,17,19,26H,5-6,8,12H2,1H3/t17?,19-/m0/s1. The summed E-state index contributed by atoms with van der Waals surface area (Å²) < 4.78 is 41.5. The minimum atomic E-state index is -4.40. The van der Waals surface area contributed by atoms with Crippen molar-refractivity contribution in [3.63, 3.8) is 0 Å². The number of nitrogens with zero attached hydrogens (tertiary/aromatic N) is 2. The van der Waals surface area contributed by atoms with Crippen molar-refractivity contribution in [3.05, 3.63) is 64.2 Å². The van der Waals surface area contributed by atoms with E-state index in [2.05, 4.69) is 11.4 Å². The van der Waals surface area contributed by atoms with Gasteiger partial charge in [-0.15, -0.1) is 0 Å². The number of benzene rings is 2. The summed E-state index contributed by atoms with van der Waals surface area (Å²) >= 11 is 0. The van der Waals surface area contributed by atoms with Gasteiger partial charge >= 0.3 is 6.18 Å². The van der Waals surface area contributed by atoms with E-state index in [-0.39, 0.29) is 12.0 Å². The fourth-order valence-electron chi connectivity index (χ4n) is 4.49. The highest BCUT2D eigenvalue weighted by molar-refractivity contribution is 5.68. The van der Waals surface area contributed by atoms with Gasteiger partial charge in [-0.2, -0.15) is 18.4 Å². The van der Waals surface area contributed by atoms with Crippen LogP contribution in [0.15, 0.2) is 36.4 Å². The summed E-state index contributed by atoms with van der Waals surface area (Å²) in [4.78, 5) is 1.82. The van der Waals surface area contributed by atoms with Crippen molar-refractivity contribution in [2.75, 3.05) is 25.0 Å². The van der Waals surface area contributed by atoms with E-state index < -0.39 is 11.7 Å². The number of hydrogen-bond acceptors (Lipinski definition) is 3. The summed E-state index contributed by atoms with van der Waals surface area (Å²) in [6.07, 6.45) is -3.18. The predicted molar refractivity (Wildman–Crippen MR) is 97.8 cm³/mol. The summed E-state index contributed by atoms with van der Waals surface area (Å²) in [5.74, 6) is 0.0743. The van der Waals surface area contributed by atoms with E-state index in [4.69, 9.17) is 5.26 Å². The van der Waals surface area contributed by atoms with Gasteiger partial charge in [0.1, 0.15) is 0 Å². The molecule has 0 spiro atoms. The molecule has 2 aromatic carbocycles. The zero-order chi connectivity index (χ0) is 19.2. The second kappa shape index (κ2) is 6.58. The quantitative estimate of drug-likeness (QED) is 0.865. The van der Waals surface area contributed by atoms with E-state index in [1.165, 1.54) is 6.07 Å². The lowest BCUT2D eigenvalue weighted by Gasteiger charge is -2.31. The second-order valence-corrected chi connectivity index (χ2v) is 7.35. The molecule has 0 aliphatic carbocycles. The average Bonchev–Trinajstić information content (AvgIpc) is 2.93. The third-order valence-corrected chi connectivity index (χ3v) is 5.66. The number of nitrogens with one attached hydrogen (secondary N) is 1. The fourth-order valence-corrected chi connectivity index (χ4v) is 4.49. The summed E-state index contributed by atoms with van der Waals surface area (Å²) in [5, 5.41) is 12.4. The normalized spacial score (nSPS) is 21.5. The number of fused-ring (bicyclic) bond motifs is 3. The van der Waals surface area contributed by atoms with E-state index in [0.717, 1.165) is 24.1 Å². The Morgan fingerprint density at radius 3 is 2.78 bits per heavy atom. The topological polar surface area (TPSA) is 39.1 Å². The molecule has 2 aromatic rings. The molecule has 1 saturated heterocycles. The molecule has 2 atom stereocenters. The number of hydrogen-bond donors (Lipinski definition) is 1. The van der Waals surface area contributed by atoms with Crippen molar-refractivity contribution in [3.8, 4) is 6.07 Å². The zero-order valence-corrected chi connectivity index (χ0v) is 15.0. The predicted octanol–water partition coefficient (Wildman–Crippen LogP) is 4.06. The SMILES string of the molecule is CN1c2c(cc(Cc3cccc(C#N)c3)cc2C(F)(F)F)C2CNCC[C@@H]21. The van der Waals surface area contributed by atoms with Crippen LogP contribution in [0.1, 0.15) is 40.2 Å². The Morgan fingerprint density at radius 1 is 1.22 bits per heavy atom. The Bertz CT molecular complexity index is 914. The molecule has 2 aliphatic heterocycles. The van der Waals surface area contributed by atoms with Crippen LogP contribution in [-0.4, -0.2) is 26.2 Å². The number of likely N-dealkylation sites (N-methyl/N-ethyl adjacent to an activating group) is 1. The summed E-state index contributed by atoms with van der Waals surface area (Å²) in [6.45, 7) is 1.53. The Morgan fingerprint density at radius 2 is 2.04 bits per heavy atom. The average molecular weight is 371 g/mol. The number of anilines is 1. The molecule has 2 heterocycles. The highest BCUT2D eigenvalue weighted by Gasteiger charge is 2.44. The first-order valence-corrected chi connectivity index (χ1v) is 9.05. The highest BCUT2D eigenvalue weighted by atomic mass is 19.4. The van der Waals surface area contributed by atoms with Gasteiger partial charge in [-0.1, -0.05) is 18.2 Å². The molecule has 27 heavy (non-hydrogen) atoms. The second-order valence-electron chi connectivity index (χ2n) is 7.35. The molecule has 1 unspecified atom stereocenters. The van der Waals surface area contributed by atoms with Crippen molar-refractivity contribution in [2.24, 2.45) is 0 Å². The lowest BCUT2D eigenvalue weighted by molar-refractivity contribution is -0.137. The van der Waals surface area contributed by atoms with Gasteiger partial charge in [0.25, 0.3) is 0 Å². The van der Waals surface area contributed by atoms with Crippen LogP contribution in [0.2, 0.25) is 0 Å². The van der Waals surface area contributed by atoms with Crippen LogP contribution >= 0.6 is 0 Å². The summed E-state index contributed by atoms with van der Waals surface area (Å²) in [7, 11) is 1.78. The van der Waals surface area contributed by atoms with Gasteiger partial charge in [0.2, 0.25) is 0 Å². The van der Waals surface area contributed by atoms with E-state index in [9.17, 15) is 13.2 Å². The van der Waals surface area contributed by atoms with Crippen molar-refractivity contribution in [1.82, 2.24) is 5.32 Å².